The Hall–Kier alpha value is 0.308. The summed E-state index contributed by atoms with van der Waals surface area (Å²) in [6, 6.07) is 2.72. The molecule has 1 aliphatic rings. The molecule has 0 radical (unpaired) electrons. The van der Waals surface area contributed by atoms with E-state index in [0.717, 1.165) is 70.6 Å². The molecule has 0 heterocycles. The van der Waals surface area contributed by atoms with E-state index < -0.39 is 35.2 Å². The number of rotatable bonds is 30. The summed E-state index contributed by atoms with van der Waals surface area (Å²) in [6.07, 6.45) is 9.84. The van der Waals surface area contributed by atoms with Gasteiger partial charge in [0.15, 0.2) is 0 Å². The first-order valence-corrected chi connectivity index (χ1v) is 25.6. The summed E-state index contributed by atoms with van der Waals surface area (Å²) in [5.41, 5.74) is 13.4. The minimum absolute atomic E-state index is 0.243. The van der Waals surface area contributed by atoms with Crippen LogP contribution < -0.4 is 11.5 Å². The maximum Gasteiger partial charge on any atom is 0.500 e. The summed E-state index contributed by atoms with van der Waals surface area (Å²) in [6.45, 7) is 1.04. The lowest BCUT2D eigenvalue weighted by atomic mass is 9.40. The number of nitrogens with two attached hydrogens (primary N) is 2. The van der Waals surface area contributed by atoms with Crippen LogP contribution >= 0.6 is 0 Å². The highest BCUT2D eigenvalue weighted by atomic mass is 28.4. The van der Waals surface area contributed by atoms with Crippen LogP contribution in [0.3, 0.4) is 0 Å². The average molecular weight is 791 g/mol. The molecule has 0 aromatic heterocycles. The number of hydrogen-bond donors (Lipinski definition) is 2. The highest BCUT2D eigenvalue weighted by molar-refractivity contribution is 6.61. The Bertz CT molecular complexity index is 813. The second kappa shape index (κ2) is 22.6. The van der Waals surface area contributed by atoms with Crippen molar-refractivity contribution in [2.24, 2.45) is 27.7 Å². The summed E-state index contributed by atoms with van der Waals surface area (Å²) in [7, 11) is 8.68. The predicted molar refractivity (Wildman–Crippen MR) is 203 cm³/mol. The van der Waals surface area contributed by atoms with Crippen molar-refractivity contribution in [1.82, 2.24) is 0 Å². The summed E-state index contributed by atoms with van der Waals surface area (Å²) >= 11 is 0. The maximum absolute atomic E-state index is 7.06. The van der Waals surface area contributed by atoms with E-state index in [0.29, 0.717) is 37.3 Å². The molecule has 18 heteroatoms. The molecule has 4 N–H and O–H groups in total. The van der Waals surface area contributed by atoms with Gasteiger partial charge in [-0.25, -0.2) is 0 Å². The molecule has 1 aliphatic carbocycles. The Balaban J connectivity index is 3.91. The van der Waals surface area contributed by atoms with Crippen LogP contribution in [-0.4, -0.2) is 134 Å². The molecule has 2 atom stereocenters. The molecule has 1 fully saturated rings. The van der Waals surface area contributed by atoms with Crippen LogP contribution in [0.1, 0.15) is 70.6 Å². The van der Waals surface area contributed by atoms with Gasteiger partial charge in [0.1, 0.15) is 0 Å². The molecule has 0 aliphatic heterocycles. The normalized spacial score (nSPS) is 22.0. The first-order chi connectivity index (χ1) is 23.9. The largest absolute Gasteiger partial charge is 0.500 e. The predicted octanol–water partition coefficient (Wildman–Crippen LogP) is 4.68. The second-order valence-electron chi connectivity index (χ2n) is 13.5. The molecule has 50 heavy (non-hydrogen) atoms. The lowest BCUT2D eigenvalue weighted by Gasteiger charge is -2.65. The van der Waals surface area contributed by atoms with E-state index in [4.69, 9.17) is 64.6 Å². The zero-order chi connectivity index (χ0) is 38.0. The van der Waals surface area contributed by atoms with E-state index in [1.54, 1.807) is 85.3 Å². The summed E-state index contributed by atoms with van der Waals surface area (Å²) < 4.78 is 70.4. The van der Waals surface area contributed by atoms with Gasteiger partial charge in [-0.15, -0.1) is 0 Å². The fourth-order valence-corrected chi connectivity index (χ4v) is 16.1. The molecule has 0 aromatic carbocycles. The molecule has 2 unspecified atom stereocenters. The van der Waals surface area contributed by atoms with Crippen molar-refractivity contribution in [3.8, 4) is 0 Å². The molecule has 0 aromatic rings. The summed E-state index contributed by atoms with van der Waals surface area (Å²) in [5.74, 6) is 0. The summed E-state index contributed by atoms with van der Waals surface area (Å²) in [4.78, 5) is 0. The fraction of sp³-hybridized carbons (Fsp3) is 1.00. The van der Waals surface area contributed by atoms with Gasteiger partial charge in [-0.2, -0.15) is 0 Å². The molecule has 1 saturated carbocycles. The fourth-order valence-electron chi connectivity index (χ4n) is 9.24. The smallest absolute Gasteiger partial charge is 0.377 e. The van der Waals surface area contributed by atoms with Crippen molar-refractivity contribution in [2.75, 3.05) is 98.4 Å². The van der Waals surface area contributed by atoms with E-state index >= 15 is 0 Å². The van der Waals surface area contributed by atoms with Crippen molar-refractivity contribution >= 4 is 35.2 Å². The average Bonchev–Trinajstić information content (AvgIpc) is 3.17. The Kier molecular flexibility index (Phi) is 21.9. The molecular weight excluding hydrogens is 717 g/mol. The highest BCUT2D eigenvalue weighted by Crippen LogP contribution is 2.68. The van der Waals surface area contributed by atoms with E-state index in [9.17, 15) is 0 Å². The molecule has 0 spiro atoms. The third-order valence-electron chi connectivity index (χ3n) is 12.3. The molecule has 300 valence electrons. The van der Waals surface area contributed by atoms with Crippen molar-refractivity contribution in [3.63, 3.8) is 0 Å². The van der Waals surface area contributed by atoms with Gasteiger partial charge in [-0.3, -0.25) is 0 Å². The minimum Gasteiger partial charge on any atom is -0.377 e. The second-order valence-corrected chi connectivity index (χ2v) is 25.9. The zero-order valence-electron chi connectivity index (χ0n) is 33.6. The van der Waals surface area contributed by atoms with Gasteiger partial charge < -0.3 is 64.6 Å². The van der Waals surface area contributed by atoms with Gasteiger partial charge in [0.05, 0.1) is 0 Å². The molecule has 0 bridgehead atoms. The SMILES string of the molecule is CO[Si](CCCC1(CN)CCCC(CN)(CCC[Si](OC)(OC)OC)C1(CCC[Si](OC)(OC)OC)CCC[Si](OC)(OC)OC)(OC)OC. The molecule has 0 amide bonds. The van der Waals surface area contributed by atoms with Crippen LogP contribution in [0, 0.1) is 16.2 Å². The lowest BCUT2D eigenvalue weighted by molar-refractivity contribution is -0.145. The van der Waals surface area contributed by atoms with Gasteiger partial charge in [0, 0.05) is 109 Å². The van der Waals surface area contributed by atoms with Crippen LogP contribution in [0.5, 0.6) is 0 Å². The van der Waals surface area contributed by atoms with E-state index in [1.165, 1.54) is 0 Å². The van der Waals surface area contributed by atoms with Crippen LogP contribution in [-0.2, 0) is 53.1 Å². The van der Waals surface area contributed by atoms with Crippen LogP contribution in [0.2, 0.25) is 24.2 Å². The van der Waals surface area contributed by atoms with Crippen molar-refractivity contribution < 1.29 is 53.1 Å². The van der Waals surface area contributed by atoms with Gasteiger partial charge in [-0.05, 0) is 93.5 Å². The van der Waals surface area contributed by atoms with Crippen molar-refractivity contribution in [3.05, 3.63) is 0 Å². The third-order valence-corrected chi connectivity index (χ3v) is 23.6. The topological polar surface area (TPSA) is 163 Å². The van der Waals surface area contributed by atoms with Crippen molar-refractivity contribution in [2.45, 2.75) is 94.8 Å². The molecule has 1 rings (SSSR count). The minimum atomic E-state index is -2.86. The standard InChI is InChI=1S/C32H74N2O12Si4/c1-35-47(36-2,37-3)24-14-20-30(28-33)18-13-19-31(29-34,21-15-25-48(38-4,39-5)40-6)32(30,22-16-26-49(41-7,42-8)43-9)23-17-27-50(44-10,45-11)46-12/h13-29,33-34H2,1-12H3. The third kappa shape index (κ3) is 10.7. The van der Waals surface area contributed by atoms with Gasteiger partial charge in [-0.1, -0.05) is 6.42 Å². The van der Waals surface area contributed by atoms with Crippen molar-refractivity contribution in [1.29, 1.82) is 0 Å². The summed E-state index contributed by atoms with van der Waals surface area (Å²) in [5, 5.41) is 0. The monoisotopic (exact) mass is 790 g/mol. The van der Waals surface area contributed by atoms with E-state index in [1.807, 2.05) is 0 Å². The zero-order valence-corrected chi connectivity index (χ0v) is 37.6. The van der Waals surface area contributed by atoms with Gasteiger partial charge in [0.2, 0.25) is 0 Å². The van der Waals surface area contributed by atoms with Gasteiger partial charge >= 0.3 is 35.2 Å². The van der Waals surface area contributed by atoms with E-state index in [2.05, 4.69) is 0 Å². The Morgan fingerprint density at radius 1 is 0.380 bits per heavy atom. The van der Waals surface area contributed by atoms with Crippen LogP contribution in [0.4, 0.5) is 0 Å². The number of hydrogen-bond acceptors (Lipinski definition) is 14. The van der Waals surface area contributed by atoms with Crippen LogP contribution in [0.25, 0.3) is 0 Å². The Labute approximate surface area is 308 Å². The maximum atomic E-state index is 7.06. The Morgan fingerprint density at radius 2 is 0.600 bits per heavy atom. The highest BCUT2D eigenvalue weighted by Gasteiger charge is 2.62. The first kappa shape index (κ1) is 48.3. The van der Waals surface area contributed by atoms with Gasteiger partial charge in [0.25, 0.3) is 0 Å². The molecule has 0 saturated heterocycles. The van der Waals surface area contributed by atoms with Crippen LogP contribution in [0.15, 0.2) is 0 Å². The first-order valence-electron chi connectivity index (χ1n) is 17.9. The van der Waals surface area contributed by atoms with E-state index in [-0.39, 0.29) is 16.2 Å². The quantitative estimate of drug-likeness (QED) is 0.0965. The lowest BCUT2D eigenvalue weighted by Crippen LogP contribution is -2.62. The molecule has 14 nitrogen and oxygen atoms in total. The Morgan fingerprint density at radius 3 is 0.800 bits per heavy atom. The molecular formula is C32H74N2O12Si4.